The molecule has 8 nitrogen and oxygen atoms in total. The number of carbonyl (C=O) groups is 1. The summed E-state index contributed by atoms with van der Waals surface area (Å²) in [5.41, 5.74) is 7.59. The molecule has 3 aromatic carbocycles. The number of aromatic amines is 2. The van der Waals surface area contributed by atoms with E-state index >= 15 is 0 Å². The van der Waals surface area contributed by atoms with Crippen LogP contribution in [0.5, 0.6) is 5.75 Å². The molecule has 9 heteroatoms. The Morgan fingerprint density at radius 1 is 0.956 bits per heavy atom. The summed E-state index contributed by atoms with van der Waals surface area (Å²) >= 11 is 0. The summed E-state index contributed by atoms with van der Waals surface area (Å²) in [6.45, 7) is 7.29. The van der Waals surface area contributed by atoms with E-state index in [1.54, 1.807) is 18.5 Å². The Balaban J connectivity index is 1.20. The highest BCUT2D eigenvalue weighted by Gasteiger charge is 2.16. The van der Waals surface area contributed by atoms with Gasteiger partial charge in [-0.2, -0.15) is 5.10 Å². The maximum Gasteiger partial charge on any atom is 0.226 e. The van der Waals surface area contributed by atoms with Gasteiger partial charge in [-0.1, -0.05) is 32.0 Å². The average molecular weight is 603 g/mol. The van der Waals surface area contributed by atoms with Crippen molar-refractivity contribution in [2.45, 2.75) is 26.7 Å². The number of pyridine rings is 1. The number of likely N-dealkylation sites (tertiary alicyclic amines) is 1. The van der Waals surface area contributed by atoms with Gasteiger partial charge in [0.2, 0.25) is 5.91 Å². The Kier molecular flexibility index (Phi) is 7.77. The smallest absolute Gasteiger partial charge is 0.226 e. The van der Waals surface area contributed by atoms with Crippen LogP contribution >= 0.6 is 0 Å². The second kappa shape index (κ2) is 12.2. The van der Waals surface area contributed by atoms with Crippen LogP contribution in [0, 0.1) is 11.7 Å². The van der Waals surface area contributed by atoms with Crippen LogP contribution in [0.2, 0.25) is 0 Å². The molecule has 3 N–H and O–H groups in total. The quantitative estimate of drug-likeness (QED) is 0.158. The lowest BCUT2D eigenvalue weighted by atomic mass is 10.0. The van der Waals surface area contributed by atoms with Crippen molar-refractivity contribution < 1.29 is 13.9 Å². The SMILES string of the molecule is CC(C)C(=O)Nc1cncc(-c2ccc3[nH]nc(-c4cc5c(-c6cc(F)cc(OCCN7CCCC7)c6)cccc5[nH]4)c3c2)c1. The summed E-state index contributed by atoms with van der Waals surface area (Å²) in [5.74, 6) is 0.0187. The number of nitrogens with one attached hydrogen (secondary N) is 3. The minimum absolute atomic E-state index is 0.0563. The Labute approximate surface area is 260 Å². The first-order valence-electron chi connectivity index (χ1n) is 15.4. The van der Waals surface area contributed by atoms with Gasteiger partial charge in [0.15, 0.2) is 0 Å². The molecule has 3 aromatic heterocycles. The van der Waals surface area contributed by atoms with Crippen molar-refractivity contribution in [3.8, 4) is 39.4 Å². The third-order valence-corrected chi connectivity index (χ3v) is 8.40. The van der Waals surface area contributed by atoms with Crippen molar-refractivity contribution in [3.63, 3.8) is 0 Å². The number of rotatable bonds is 9. The zero-order valence-electron chi connectivity index (χ0n) is 25.4. The van der Waals surface area contributed by atoms with Gasteiger partial charge in [-0.05, 0) is 85.1 Å². The van der Waals surface area contributed by atoms with Gasteiger partial charge in [0.05, 0.1) is 23.1 Å². The molecule has 0 aliphatic carbocycles. The van der Waals surface area contributed by atoms with Crippen molar-refractivity contribution in [2.75, 3.05) is 31.6 Å². The van der Waals surface area contributed by atoms with Crippen molar-refractivity contribution in [3.05, 3.63) is 84.9 Å². The number of nitrogens with zero attached hydrogens (tertiary/aromatic N) is 3. The molecule has 6 aromatic rings. The van der Waals surface area contributed by atoms with Gasteiger partial charge in [-0.3, -0.25) is 19.8 Å². The number of H-pyrrole nitrogens is 2. The molecule has 0 spiro atoms. The van der Waals surface area contributed by atoms with Crippen LogP contribution in [-0.4, -0.2) is 57.2 Å². The van der Waals surface area contributed by atoms with Crippen molar-refractivity contribution in [2.24, 2.45) is 5.92 Å². The Bertz CT molecular complexity index is 2010. The number of amides is 1. The minimum Gasteiger partial charge on any atom is -0.492 e. The highest BCUT2D eigenvalue weighted by molar-refractivity contribution is 6.02. The number of hydrogen-bond donors (Lipinski definition) is 3. The van der Waals surface area contributed by atoms with Crippen LogP contribution in [0.3, 0.4) is 0 Å². The van der Waals surface area contributed by atoms with E-state index < -0.39 is 0 Å². The van der Waals surface area contributed by atoms with Crippen LogP contribution in [0.15, 0.2) is 79.1 Å². The summed E-state index contributed by atoms with van der Waals surface area (Å²) in [4.78, 5) is 22.5. The fourth-order valence-electron chi connectivity index (χ4n) is 5.99. The van der Waals surface area contributed by atoms with Crippen LogP contribution in [-0.2, 0) is 4.79 Å². The van der Waals surface area contributed by atoms with Gasteiger partial charge in [0.1, 0.15) is 23.9 Å². The van der Waals surface area contributed by atoms with E-state index in [2.05, 4.69) is 42.5 Å². The summed E-state index contributed by atoms with van der Waals surface area (Å²) in [6, 6.07) is 21.0. The molecule has 45 heavy (non-hydrogen) atoms. The number of carbonyl (C=O) groups excluding carboxylic acids is 1. The Morgan fingerprint density at radius 3 is 2.67 bits per heavy atom. The highest BCUT2D eigenvalue weighted by atomic mass is 19.1. The molecule has 0 radical (unpaired) electrons. The molecule has 0 saturated carbocycles. The molecule has 0 bridgehead atoms. The van der Waals surface area contributed by atoms with Crippen LogP contribution in [0.25, 0.3) is 55.4 Å². The van der Waals surface area contributed by atoms with Gasteiger partial charge in [-0.15, -0.1) is 0 Å². The third kappa shape index (κ3) is 6.04. The maximum absolute atomic E-state index is 14.8. The van der Waals surface area contributed by atoms with E-state index in [9.17, 15) is 9.18 Å². The van der Waals surface area contributed by atoms with E-state index in [0.29, 0.717) is 18.0 Å². The molecular weight excluding hydrogens is 567 g/mol. The fraction of sp³-hybridized carbons (Fsp3) is 0.250. The fourth-order valence-corrected chi connectivity index (χ4v) is 5.99. The lowest BCUT2D eigenvalue weighted by molar-refractivity contribution is -0.118. The number of aromatic nitrogens is 4. The van der Waals surface area contributed by atoms with Gasteiger partial charge in [0.25, 0.3) is 0 Å². The predicted molar refractivity (Wildman–Crippen MR) is 177 cm³/mol. The molecule has 0 unspecified atom stereocenters. The maximum atomic E-state index is 14.8. The normalized spacial score (nSPS) is 13.7. The first kappa shape index (κ1) is 28.7. The van der Waals surface area contributed by atoms with E-state index in [0.717, 1.165) is 75.1 Å². The van der Waals surface area contributed by atoms with Crippen LogP contribution < -0.4 is 10.1 Å². The number of fused-ring (bicyclic) bond motifs is 2. The summed E-state index contributed by atoms with van der Waals surface area (Å²) < 4.78 is 20.8. The highest BCUT2D eigenvalue weighted by Crippen LogP contribution is 2.36. The first-order valence-corrected chi connectivity index (χ1v) is 15.4. The zero-order chi connectivity index (χ0) is 30.9. The molecule has 1 aliphatic heterocycles. The topological polar surface area (TPSA) is 98.9 Å². The molecule has 1 aliphatic rings. The largest absolute Gasteiger partial charge is 0.492 e. The number of halogens is 1. The number of ether oxygens (including phenoxy) is 1. The molecular formula is C36H35FN6O2. The van der Waals surface area contributed by atoms with Crippen molar-refractivity contribution >= 4 is 33.4 Å². The molecule has 1 saturated heterocycles. The van der Waals surface area contributed by atoms with Crippen LogP contribution in [0.1, 0.15) is 26.7 Å². The van der Waals surface area contributed by atoms with E-state index in [1.807, 2.05) is 56.3 Å². The lowest BCUT2D eigenvalue weighted by Crippen LogP contribution is -2.25. The van der Waals surface area contributed by atoms with Gasteiger partial charge in [-0.25, -0.2) is 4.39 Å². The summed E-state index contributed by atoms with van der Waals surface area (Å²) in [5, 5.41) is 12.6. The van der Waals surface area contributed by atoms with Gasteiger partial charge >= 0.3 is 0 Å². The second-order valence-corrected chi connectivity index (χ2v) is 12.0. The summed E-state index contributed by atoms with van der Waals surface area (Å²) in [7, 11) is 0. The number of anilines is 1. The third-order valence-electron chi connectivity index (χ3n) is 8.40. The van der Waals surface area contributed by atoms with Crippen molar-refractivity contribution in [1.82, 2.24) is 25.1 Å². The van der Waals surface area contributed by atoms with Gasteiger partial charge < -0.3 is 15.0 Å². The molecule has 7 rings (SSSR count). The molecule has 1 amide bonds. The lowest BCUT2D eigenvalue weighted by Gasteiger charge is -2.15. The zero-order valence-corrected chi connectivity index (χ0v) is 25.4. The minimum atomic E-state index is -0.329. The second-order valence-electron chi connectivity index (χ2n) is 12.0. The van der Waals surface area contributed by atoms with Crippen molar-refractivity contribution in [1.29, 1.82) is 0 Å². The Morgan fingerprint density at radius 2 is 1.82 bits per heavy atom. The molecule has 1 fully saturated rings. The van der Waals surface area contributed by atoms with E-state index in [1.165, 1.54) is 18.9 Å². The monoisotopic (exact) mass is 602 g/mol. The predicted octanol–water partition coefficient (Wildman–Crippen LogP) is 7.65. The number of hydrogen-bond acceptors (Lipinski definition) is 5. The number of benzene rings is 3. The van der Waals surface area contributed by atoms with Gasteiger partial charge in [0, 0.05) is 46.6 Å². The average Bonchev–Trinajstić information content (AvgIpc) is 3.80. The van der Waals surface area contributed by atoms with E-state index in [4.69, 9.17) is 4.74 Å². The summed E-state index contributed by atoms with van der Waals surface area (Å²) in [6.07, 6.45) is 5.89. The molecule has 0 atom stereocenters. The first-order chi connectivity index (χ1) is 21.9. The molecule has 4 heterocycles. The standard InChI is InChI=1S/C36H35FN6O2/c1-22(2)36(44)39-27-15-25(20-38-21-27)23-8-9-33-31(17-23)35(42-41-33)34-19-30-29(6-5-7-32(30)40-34)24-14-26(37)18-28(16-24)45-13-12-43-10-3-4-11-43/h5-9,14-22,40H,3-4,10-13H2,1-2H3,(H,39,44)(H,41,42). The van der Waals surface area contributed by atoms with Crippen LogP contribution in [0.4, 0.5) is 10.1 Å². The Hall–Kier alpha value is -5.02. The van der Waals surface area contributed by atoms with E-state index in [-0.39, 0.29) is 17.6 Å². The molecule has 228 valence electrons.